The van der Waals surface area contributed by atoms with Gasteiger partial charge in [0.05, 0.1) is 0 Å². The summed E-state index contributed by atoms with van der Waals surface area (Å²) < 4.78 is 0. The third kappa shape index (κ3) is 3.52. The van der Waals surface area contributed by atoms with Gasteiger partial charge in [0.2, 0.25) is 0 Å². The summed E-state index contributed by atoms with van der Waals surface area (Å²) in [6.07, 6.45) is 11.1. The number of nitrogens with one attached hydrogen (secondary N) is 1. The Morgan fingerprint density at radius 3 is 2.32 bits per heavy atom. The van der Waals surface area contributed by atoms with Crippen LogP contribution in [-0.4, -0.2) is 36.6 Å². The van der Waals surface area contributed by atoms with Crippen molar-refractivity contribution in [2.24, 2.45) is 5.41 Å². The van der Waals surface area contributed by atoms with Crippen LogP contribution < -0.4 is 5.32 Å². The number of nitrogens with zero attached hydrogens (tertiary/aromatic N) is 1. The molecule has 1 heterocycles. The lowest BCUT2D eigenvalue weighted by atomic mass is 9.74. The van der Waals surface area contributed by atoms with Crippen LogP contribution in [0.2, 0.25) is 0 Å². The lowest BCUT2D eigenvalue weighted by molar-refractivity contribution is 0.0592. The molecule has 1 aliphatic heterocycles. The first-order chi connectivity index (χ1) is 9.24. The standard InChI is InChI=1S/C17H34N2/c1-4-12-18-15-8-7-9-16(15)19-13-10-17(5-2,6-3)11-14-19/h15-16,18H,4-14H2,1-3H3. The predicted molar refractivity (Wildman–Crippen MR) is 83.5 cm³/mol. The minimum atomic E-state index is 0.668. The van der Waals surface area contributed by atoms with Crippen molar-refractivity contribution in [1.29, 1.82) is 0 Å². The van der Waals surface area contributed by atoms with Gasteiger partial charge in [-0.15, -0.1) is 0 Å². The Bertz CT molecular complexity index is 250. The highest BCUT2D eigenvalue weighted by atomic mass is 15.2. The summed E-state index contributed by atoms with van der Waals surface area (Å²) in [4.78, 5) is 2.81. The topological polar surface area (TPSA) is 15.3 Å². The second-order valence-corrected chi connectivity index (χ2v) is 6.80. The van der Waals surface area contributed by atoms with Crippen molar-refractivity contribution in [3.8, 4) is 0 Å². The summed E-state index contributed by atoms with van der Waals surface area (Å²) in [7, 11) is 0. The zero-order chi connectivity index (χ0) is 13.7. The molecule has 0 bridgehead atoms. The maximum Gasteiger partial charge on any atom is 0.0249 e. The first kappa shape index (κ1) is 15.3. The Labute approximate surface area is 120 Å². The van der Waals surface area contributed by atoms with E-state index in [1.165, 1.54) is 71.0 Å². The summed E-state index contributed by atoms with van der Waals surface area (Å²) in [6, 6.07) is 1.61. The van der Waals surface area contributed by atoms with Crippen molar-refractivity contribution < 1.29 is 0 Å². The van der Waals surface area contributed by atoms with Crippen LogP contribution in [0, 0.1) is 5.41 Å². The second kappa shape index (κ2) is 7.08. The van der Waals surface area contributed by atoms with Gasteiger partial charge in [0.1, 0.15) is 0 Å². The number of piperidine rings is 1. The molecule has 2 rings (SSSR count). The molecule has 1 saturated heterocycles. The van der Waals surface area contributed by atoms with Gasteiger partial charge in [-0.05, 0) is 57.2 Å². The summed E-state index contributed by atoms with van der Waals surface area (Å²) in [6.45, 7) is 10.9. The van der Waals surface area contributed by atoms with Gasteiger partial charge in [0.15, 0.2) is 0 Å². The van der Waals surface area contributed by atoms with Crippen molar-refractivity contribution in [1.82, 2.24) is 10.2 Å². The molecule has 1 saturated carbocycles. The van der Waals surface area contributed by atoms with Crippen LogP contribution in [0.5, 0.6) is 0 Å². The molecule has 2 unspecified atom stereocenters. The van der Waals surface area contributed by atoms with Gasteiger partial charge in [-0.25, -0.2) is 0 Å². The van der Waals surface area contributed by atoms with E-state index < -0.39 is 0 Å². The van der Waals surface area contributed by atoms with Crippen LogP contribution in [0.15, 0.2) is 0 Å². The van der Waals surface area contributed by atoms with Gasteiger partial charge in [0.25, 0.3) is 0 Å². The molecule has 1 N–H and O–H groups in total. The van der Waals surface area contributed by atoms with Gasteiger partial charge in [-0.3, -0.25) is 4.90 Å². The van der Waals surface area contributed by atoms with Crippen LogP contribution in [0.25, 0.3) is 0 Å². The van der Waals surface area contributed by atoms with E-state index in [2.05, 4.69) is 31.0 Å². The van der Waals surface area contributed by atoms with Crippen molar-refractivity contribution in [3.05, 3.63) is 0 Å². The van der Waals surface area contributed by atoms with Gasteiger partial charge < -0.3 is 5.32 Å². The molecular formula is C17H34N2. The molecule has 0 aromatic carbocycles. The van der Waals surface area contributed by atoms with E-state index in [0.717, 1.165) is 12.1 Å². The highest BCUT2D eigenvalue weighted by Crippen LogP contribution is 2.39. The highest BCUT2D eigenvalue weighted by molar-refractivity contribution is 4.94. The summed E-state index contributed by atoms with van der Waals surface area (Å²) in [5.74, 6) is 0. The fourth-order valence-electron chi connectivity index (χ4n) is 4.23. The SMILES string of the molecule is CCCNC1CCCC1N1CCC(CC)(CC)CC1. The monoisotopic (exact) mass is 266 g/mol. The quantitative estimate of drug-likeness (QED) is 0.786. The third-order valence-electron chi connectivity index (χ3n) is 5.96. The Kier molecular flexibility index (Phi) is 5.70. The highest BCUT2D eigenvalue weighted by Gasteiger charge is 2.37. The minimum absolute atomic E-state index is 0.668. The van der Waals surface area contributed by atoms with Crippen molar-refractivity contribution in [3.63, 3.8) is 0 Å². The van der Waals surface area contributed by atoms with E-state index >= 15 is 0 Å². The predicted octanol–water partition coefficient (Wildman–Crippen LogP) is 3.81. The first-order valence-corrected chi connectivity index (χ1v) is 8.72. The third-order valence-corrected chi connectivity index (χ3v) is 5.96. The fraction of sp³-hybridized carbons (Fsp3) is 1.00. The molecule has 0 amide bonds. The van der Waals surface area contributed by atoms with Crippen LogP contribution in [-0.2, 0) is 0 Å². The van der Waals surface area contributed by atoms with E-state index in [-0.39, 0.29) is 0 Å². The molecule has 0 aromatic heterocycles. The van der Waals surface area contributed by atoms with E-state index in [9.17, 15) is 0 Å². The molecular weight excluding hydrogens is 232 g/mol. The summed E-state index contributed by atoms with van der Waals surface area (Å²) >= 11 is 0. The molecule has 0 spiro atoms. The van der Waals surface area contributed by atoms with Crippen molar-refractivity contribution in [2.75, 3.05) is 19.6 Å². The number of hydrogen-bond acceptors (Lipinski definition) is 2. The lowest BCUT2D eigenvalue weighted by Crippen LogP contribution is -2.51. The molecule has 0 radical (unpaired) electrons. The van der Waals surface area contributed by atoms with E-state index in [1.807, 2.05) is 0 Å². The Balaban J connectivity index is 1.86. The van der Waals surface area contributed by atoms with Crippen LogP contribution in [0.3, 0.4) is 0 Å². The molecule has 2 nitrogen and oxygen atoms in total. The Hall–Kier alpha value is -0.0800. The number of rotatable bonds is 6. The van der Waals surface area contributed by atoms with Gasteiger partial charge >= 0.3 is 0 Å². The van der Waals surface area contributed by atoms with Crippen LogP contribution >= 0.6 is 0 Å². The average Bonchev–Trinajstić information content (AvgIpc) is 2.93. The summed E-state index contributed by atoms with van der Waals surface area (Å²) in [5, 5.41) is 3.79. The molecule has 112 valence electrons. The second-order valence-electron chi connectivity index (χ2n) is 6.80. The fourth-order valence-corrected chi connectivity index (χ4v) is 4.23. The molecule has 0 aromatic rings. The zero-order valence-electron chi connectivity index (χ0n) is 13.4. The molecule has 1 aliphatic carbocycles. The van der Waals surface area contributed by atoms with Gasteiger partial charge in [-0.2, -0.15) is 0 Å². The molecule has 2 atom stereocenters. The van der Waals surface area contributed by atoms with E-state index in [4.69, 9.17) is 0 Å². The molecule has 2 fully saturated rings. The average molecular weight is 266 g/mol. The minimum Gasteiger partial charge on any atom is -0.312 e. The molecule has 19 heavy (non-hydrogen) atoms. The maximum absolute atomic E-state index is 3.79. The van der Waals surface area contributed by atoms with Crippen LogP contribution in [0.4, 0.5) is 0 Å². The van der Waals surface area contributed by atoms with Crippen molar-refractivity contribution >= 4 is 0 Å². The zero-order valence-corrected chi connectivity index (χ0v) is 13.4. The Morgan fingerprint density at radius 1 is 1.05 bits per heavy atom. The first-order valence-electron chi connectivity index (χ1n) is 8.72. The molecule has 2 aliphatic rings. The number of hydrogen-bond donors (Lipinski definition) is 1. The summed E-state index contributed by atoms with van der Waals surface area (Å²) in [5.41, 5.74) is 0.668. The maximum atomic E-state index is 3.79. The smallest absolute Gasteiger partial charge is 0.0249 e. The normalized spacial score (nSPS) is 31.7. The largest absolute Gasteiger partial charge is 0.312 e. The lowest BCUT2D eigenvalue weighted by Gasteiger charge is -2.44. The van der Waals surface area contributed by atoms with E-state index in [1.54, 1.807) is 0 Å². The van der Waals surface area contributed by atoms with Gasteiger partial charge in [0, 0.05) is 12.1 Å². The van der Waals surface area contributed by atoms with Gasteiger partial charge in [-0.1, -0.05) is 40.0 Å². The van der Waals surface area contributed by atoms with E-state index in [0.29, 0.717) is 5.41 Å². The Morgan fingerprint density at radius 2 is 1.74 bits per heavy atom. The molecule has 2 heteroatoms. The van der Waals surface area contributed by atoms with Crippen LogP contribution in [0.1, 0.15) is 72.1 Å². The van der Waals surface area contributed by atoms with Crippen molar-refractivity contribution in [2.45, 2.75) is 84.2 Å². The number of likely N-dealkylation sites (tertiary alicyclic amines) is 1.